The highest BCUT2D eigenvalue weighted by Gasteiger charge is 2.48. The van der Waals surface area contributed by atoms with E-state index in [-0.39, 0.29) is 18.4 Å². The van der Waals surface area contributed by atoms with Crippen LogP contribution in [-0.4, -0.2) is 48.3 Å². The van der Waals surface area contributed by atoms with Crippen molar-refractivity contribution in [2.75, 3.05) is 24.7 Å². The van der Waals surface area contributed by atoms with Crippen LogP contribution in [0.3, 0.4) is 0 Å². The molecule has 9 nitrogen and oxygen atoms in total. The van der Waals surface area contributed by atoms with Gasteiger partial charge in [0.15, 0.2) is 0 Å². The van der Waals surface area contributed by atoms with Crippen LogP contribution in [0.5, 0.6) is 5.75 Å². The predicted octanol–water partition coefficient (Wildman–Crippen LogP) is 2.17. The molecule has 2 N–H and O–H groups in total. The van der Waals surface area contributed by atoms with Crippen molar-refractivity contribution >= 4 is 27.1 Å². The largest absolute Gasteiger partial charge is 0.491 e. The lowest BCUT2D eigenvalue weighted by Crippen LogP contribution is -2.37. The Hall–Kier alpha value is -2.66. The number of ether oxygens (including phenoxy) is 3. The first-order valence-corrected chi connectivity index (χ1v) is 11.4. The van der Waals surface area contributed by atoms with Crippen LogP contribution < -0.4 is 10.5 Å². The summed E-state index contributed by atoms with van der Waals surface area (Å²) in [6, 6.07) is 13.6. The zero-order valence-electron chi connectivity index (χ0n) is 16.6. The molecule has 0 spiro atoms. The van der Waals surface area contributed by atoms with Gasteiger partial charge in [0, 0.05) is 23.3 Å². The van der Waals surface area contributed by atoms with Gasteiger partial charge in [-0.25, -0.2) is 8.42 Å². The van der Waals surface area contributed by atoms with Crippen LogP contribution in [0.1, 0.15) is 5.56 Å². The molecule has 2 unspecified atom stereocenters. The molecule has 11 heteroatoms. The van der Waals surface area contributed by atoms with Gasteiger partial charge in [-0.2, -0.15) is 0 Å². The molecular formula is C20H21ClN4O5S. The first-order valence-electron chi connectivity index (χ1n) is 9.40. The summed E-state index contributed by atoms with van der Waals surface area (Å²) in [7, 11) is -2.33. The highest BCUT2D eigenvalue weighted by molar-refractivity contribution is 7.91. The standard InChI is InChI=1S/C20H21ClN4O5S/c1-25-13-23-24-19(25)31(26,27)12-20(14-2-4-15(21)5-3-14)29-11-18(30-20)10-28-17-8-6-16(22)7-9-17/h2-9,13,18H,10-12,22H2,1H3. The van der Waals surface area contributed by atoms with Crippen molar-refractivity contribution in [2.24, 2.45) is 7.05 Å². The first kappa shape index (κ1) is 21.6. The molecule has 1 fully saturated rings. The normalized spacial score (nSPS) is 21.3. The van der Waals surface area contributed by atoms with Crippen molar-refractivity contribution in [2.45, 2.75) is 17.0 Å². The number of aryl methyl sites for hydroxylation is 1. The van der Waals surface area contributed by atoms with E-state index in [0.717, 1.165) is 0 Å². The maximum absolute atomic E-state index is 13.1. The third kappa shape index (κ3) is 4.67. The van der Waals surface area contributed by atoms with Gasteiger partial charge in [0.2, 0.25) is 20.8 Å². The summed E-state index contributed by atoms with van der Waals surface area (Å²) in [6.07, 6.45) is 0.824. The Bertz CT molecular complexity index is 1150. The van der Waals surface area contributed by atoms with E-state index in [1.165, 1.54) is 10.9 Å². The maximum Gasteiger partial charge on any atom is 0.249 e. The van der Waals surface area contributed by atoms with Crippen molar-refractivity contribution < 1.29 is 22.6 Å². The lowest BCUT2D eigenvalue weighted by atomic mass is 10.1. The topological polar surface area (TPSA) is 119 Å². The highest BCUT2D eigenvalue weighted by Crippen LogP contribution is 2.37. The molecule has 3 aromatic rings. The minimum Gasteiger partial charge on any atom is -0.491 e. The second-order valence-corrected chi connectivity index (χ2v) is 9.49. The molecule has 0 saturated carbocycles. The van der Waals surface area contributed by atoms with Gasteiger partial charge < -0.3 is 24.5 Å². The van der Waals surface area contributed by atoms with Crippen LogP contribution in [-0.2, 0) is 32.1 Å². The maximum atomic E-state index is 13.1. The van der Waals surface area contributed by atoms with Crippen molar-refractivity contribution in [3.05, 3.63) is 65.4 Å². The Balaban J connectivity index is 1.57. The molecule has 1 aliphatic rings. The molecule has 2 aromatic carbocycles. The molecule has 0 amide bonds. The van der Waals surface area contributed by atoms with Gasteiger partial charge in [0.05, 0.1) is 6.61 Å². The van der Waals surface area contributed by atoms with Crippen molar-refractivity contribution in [1.29, 1.82) is 0 Å². The SMILES string of the molecule is Cn1cnnc1S(=O)(=O)CC1(c2ccc(Cl)cc2)OCC(COc2ccc(N)cc2)O1. The van der Waals surface area contributed by atoms with Gasteiger partial charge in [0.25, 0.3) is 0 Å². The number of nitrogen functional groups attached to an aromatic ring is 1. The van der Waals surface area contributed by atoms with Crippen LogP contribution in [0.25, 0.3) is 0 Å². The van der Waals surface area contributed by atoms with Gasteiger partial charge in [-0.1, -0.05) is 23.7 Å². The van der Waals surface area contributed by atoms with Crippen molar-refractivity contribution in [3.8, 4) is 5.75 Å². The molecule has 1 aromatic heterocycles. The predicted molar refractivity (Wildman–Crippen MR) is 113 cm³/mol. The second kappa shape index (κ2) is 8.46. The Kier molecular flexibility index (Phi) is 5.89. The fourth-order valence-corrected chi connectivity index (χ4v) is 5.01. The highest BCUT2D eigenvalue weighted by atomic mass is 35.5. The molecule has 2 heterocycles. The molecule has 1 aliphatic heterocycles. The zero-order valence-corrected chi connectivity index (χ0v) is 18.2. The number of rotatable bonds is 7. The summed E-state index contributed by atoms with van der Waals surface area (Å²) in [5.74, 6) is -1.40. The van der Waals surface area contributed by atoms with E-state index in [9.17, 15) is 8.42 Å². The summed E-state index contributed by atoms with van der Waals surface area (Å²) in [6.45, 7) is 0.315. The van der Waals surface area contributed by atoms with E-state index in [0.29, 0.717) is 22.0 Å². The molecule has 0 aliphatic carbocycles. The Morgan fingerprint density at radius 2 is 1.94 bits per heavy atom. The summed E-state index contributed by atoms with van der Waals surface area (Å²) < 4.78 is 45.4. The number of sulfone groups is 1. The van der Waals surface area contributed by atoms with Crippen LogP contribution >= 0.6 is 11.6 Å². The molecule has 4 rings (SSSR count). The van der Waals surface area contributed by atoms with Gasteiger partial charge in [-0.15, -0.1) is 10.2 Å². The number of hydrogen-bond donors (Lipinski definition) is 1. The second-order valence-electron chi connectivity index (χ2n) is 7.17. The molecule has 2 atom stereocenters. The van der Waals surface area contributed by atoms with Crippen LogP contribution in [0.4, 0.5) is 5.69 Å². The molecule has 1 saturated heterocycles. The van der Waals surface area contributed by atoms with E-state index in [1.807, 2.05) is 0 Å². The Morgan fingerprint density at radius 1 is 1.23 bits per heavy atom. The molecule has 164 valence electrons. The third-order valence-corrected chi connectivity index (χ3v) is 6.73. The Labute approximate surface area is 184 Å². The van der Waals surface area contributed by atoms with E-state index < -0.39 is 27.5 Å². The molecular weight excluding hydrogens is 444 g/mol. The zero-order chi connectivity index (χ0) is 22.1. The van der Waals surface area contributed by atoms with E-state index in [2.05, 4.69) is 10.2 Å². The van der Waals surface area contributed by atoms with E-state index >= 15 is 0 Å². The fourth-order valence-electron chi connectivity index (χ4n) is 3.28. The van der Waals surface area contributed by atoms with Crippen molar-refractivity contribution in [1.82, 2.24) is 14.8 Å². The number of nitrogens with zero attached hydrogens (tertiary/aromatic N) is 3. The Morgan fingerprint density at radius 3 is 2.58 bits per heavy atom. The average Bonchev–Trinajstić information content (AvgIpc) is 3.35. The molecule has 31 heavy (non-hydrogen) atoms. The first-order chi connectivity index (χ1) is 14.8. The van der Waals surface area contributed by atoms with Crippen LogP contribution in [0, 0.1) is 0 Å². The minimum absolute atomic E-state index is 0.145. The van der Waals surface area contributed by atoms with E-state index in [1.54, 1.807) is 55.6 Å². The van der Waals surface area contributed by atoms with Crippen LogP contribution in [0.15, 0.2) is 60.0 Å². The monoisotopic (exact) mass is 464 g/mol. The number of anilines is 1. The number of benzene rings is 2. The quantitative estimate of drug-likeness (QED) is 0.528. The lowest BCUT2D eigenvalue weighted by Gasteiger charge is -2.28. The molecule has 0 bridgehead atoms. The minimum atomic E-state index is -3.89. The summed E-state index contributed by atoms with van der Waals surface area (Å²) in [4.78, 5) is 0. The smallest absolute Gasteiger partial charge is 0.249 e. The number of hydrogen-bond acceptors (Lipinski definition) is 8. The van der Waals surface area contributed by atoms with E-state index in [4.69, 9.17) is 31.5 Å². The number of halogens is 1. The number of nitrogens with two attached hydrogens (primary N) is 1. The van der Waals surface area contributed by atoms with Crippen molar-refractivity contribution in [3.63, 3.8) is 0 Å². The third-order valence-electron chi connectivity index (χ3n) is 4.79. The van der Waals surface area contributed by atoms with Gasteiger partial charge in [-0.05, 0) is 36.4 Å². The lowest BCUT2D eigenvalue weighted by molar-refractivity contribution is -0.161. The van der Waals surface area contributed by atoms with Crippen LogP contribution in [0.2, 0.25) is 5.02 Å². The average molecular weight is 465 g/mol. The summed E-state index contributed by atoms with van der Waals surface area (Å²) in [5, 5.41) is 7.73. The fraction of sp³-hybridized carbons (Fsp3) is 0.300. The molecule has 0 radical (unpaired) electrons. The van der Waals surface area contributed by atoms with Gasteiger partial charge in [-0.3, -0.25) is 0 Å². The van der Waals surface area contributed by atoms with Gasteiger partial charge >= 0.3 is 0 Å². The number of aromatic nitrogens is 3. The van der Waals surface area contributed by atoms with Gasteiger partial charge in [0.1, 0.15) is 30.5 Å². The summed E-state index contributed by atoms with van der Waals surface area (Å²) >= 11 is 6.01. The summed E-state index contributed by atoms with van der Waals surface area (Å²) in [5.41, 5.74) is 6.84.